The van der Waals surface area contributed by atoms with E-state index >= 15 is 0 Å². The summed E-state index contributed by atoms with van der Waals surface area (Å²) < 4.78 is 1.80. The molecule has 1 rings (SSSR count). The average Bonchev–Trinajstić information content (AvgIpc) is 2.29. The smallest absolute Gasteiger partial charge is 0.338 e. The van der Waals surface area contributed by atoms with Crippen LogP contribution in [-0.4, -0.2) is 41.2 Å². The van der Waals surface area contributed by atoms with E-state index in [0.29, 0.717) is 13.7 Å². The Morgan fingerprint density at radius 1 is 0.800 bits per heavy atom. The summed E-state index contributed by atoms with van der Waals surface area (Å²) in [5, 5.41) is 28.1. The van der Waals surface area contributed by atoms with Crippen molar-refractivity contribution >= 4 is 0 Å². The maximum atomic E-state index is 12.1. The number of aliphatic hydroxyl groups is 3. The number of hydrogen-bond acceptors (Lipinski definition) is 6. The molecule has 114 valence electrons. The van der Waals surface area contributed by atoms with Gasteiger partial charge in [0, 0.05) is 0 Å². The number of hydrogen-bond donors (Lipinski definition) is 3. The SMILES string of the molecule is CC(O)Cn1c(=O)n(CC(C)O)c(=O)n(C(C)O)c1=O. The van der Waals surface area contributed by atoms with Crippen LogP contribution in [0.25, 0.3) is 0 Å². The third-order valence-electron chi connectivity index (χ3n) is 2.60. The molecule has 0 radical (unpaired) electrons. The molecule has 1 heterocycles. The zero-order valence-electron chi connectivity index (χ0n) is 11.6. The summed E-state index contributed by atoms with van der Waals surface area (Å²) in [6.07, 6.45) is -3.41. The molecule has 0 amide bonds. The fourth-order valence-electron chi connectivity index (χ4n) is 1.81. The molecule has 0 aliphatic rings. The van der Waals surface area contributed by atoms with Crippen molar-refractivity contribution in [3.63, 3.8) is 0 Å². The van der Waals surface area contributed by atoms with Crippen LogP contribution < -0.4 is 17.1 Å². The van der Waals surface area contributed by atoms with Gasteiger partial charge in [0.05, 0.1) is 25.3 Å². The first-order chi connectivity index (χ1) is 9.16. The van der Waals surface area contributed by atoms with Crippen molar-refractivity contribution in [1.82, 2.24) is 13.7 Å². The Morgan fingerprint density at radius 3 is 1.40 bits per heavy atom. The van der Waals surface area contributed by atoms with Gasteiger partial charge in [-0.25, -0.2) is 28.1 Å². The van der Waals surface area contributed by atoms with E-state index in [4.69, 9.17) is 0 Å². The lowest BCUT2D eigenvalue weighted by molar-refractivity contribution is 0.0991. The summed E-state index contributed by atoms with van der Waals surface area (Å²) in [6, 6.07) is 0. The first-order valence-electron chi connectivity index (χ1n) is 6.17. The standard InChI is InChI=1S/C11H19N3O6/c1-6(15)4-12-9(18)13(5-7(2)16)11(20)14(8(3)17)10(12)19/h6-8,15-17H,4-5H2,1-3H3. The minimum atomic E-state index is -1.43. The minimum absolute atomic E-state index is 0.315. The van der Waals surface area contributed by atoms with E-state index in [9.17, 15) is 29.7 Å². The fraction of sp³-hybridized carbons (Fsp3) is 0.727. The monoisotopic (exact) mass is 289 g/mol. The van der Waals surface area contributed by atoms with E-state index in [-0.39, 0.29) is 13.1 Å². The van der Waals surface area contributed by atoms with Gasteiger partial charge in [-0.3, -0.25) is 0 Å². The molecule has 20 heavy (non-hydrogen) atoms. The van der Waals surface area contributed by atoms with Crippen LogP contribution in [0.1, 0.15) is 27.0 Å². The molecule has 0 aliphatic carbocycles. The Labute approximate surface area is 114 Å². The lowest BCUT2D eigenvalue weighted by atomic mass is 10.4. The zero-order valence-corrected chi connectivity index (χ0v) is 11.6. The van der Waals surface area contributed by atoms with Gasteiger partial charge in [0.25, 0.3) is 0 Å². The summed E-state index contributed by atoms with van der Waals surface area (Å²) in [6.45, 7) is 3.33. The van der Waals surface area contributed by atoms with Crippen LogP contribution >= 0.6 is 0 Å². The second kappa shape index (κ2) is 6.16. The molecule has 0 fully saturated rings. The Balaban J connectivity index is 3.70. The highest BCUT2D eigenvalue weighted by Crippen LogP contribution is 1.91. The molecular formula is C11H19N3O6. The molecular weight excluding hydrogens is 270 g/mol. The molecule has 1 aromatic rings. The molecule has 0 bridgehead atoms. The van der Waals surface area contributed by atoms with Crippen LogP contribution in [0.5, 0.6) is 0 Å². The van der Waals surface area contributed by atoms with E-state index in [2.05, 4.69) is 0 Å². The Hall–Kier alpha value is -1.71. The van der Waals surface area contributed by atoms with Gasteiger partial charge in [0.2, 0.25) is 0 Å². The normalized spacial score (nSPS) is 15.9. The summed E-state index contributed by atoms with van der Waals surface area (Å²) in [4.78, 5) is 36.1. The number of aromatic nitrogens is 3. The van der Waals surface area contributed by atoms with Gasteiger partial charge < -0.3 is 15.3 Å². The Kier molecular flexibility index (Phi) is 5.03. The lowest BCUT2D eigenvalue weighted by Gasteiger charge is -2.16. The second-order valence-electron chi connectivity index (χ2n) is 4.77. The van der Waals surface area contributed by atoms with Crippen LogP contribution in [0.4, 0.5) is 0 Å². The number of rotatable bonds is 5. The van der Waals surface area contributed by atoms with Crippen LogP contribution in [0.3, 0.4) is 0 Å². The Bertz CT molecular complexity index is 589. The summed E-state index contributed by atoms with van der Waals surface area (Å²) in [5.41, 5.74) is -2.94. The van der Waals surface area contributed by atoms with E-state index in [1.165, 1.54) is 20.8 Å². The van der Waals surface area contributed by atoms with Gasteiger partial charge in [-0.05, 0) is 20.8 Å². The quantitative estimate of drug-likeness (QED) is 0.547. The summed E-state index contributed by atoms with van der Waals surface area (Å²) >= 11 is 0. The second-order valence-corrected chi connectivity index (χ2v) is 4.77. The molecule has 3 unspecified atom stereocenters. The third-order valence-corrected chi connectivity index (χ3v) is 2.60. The van der Waals surface area contributed by atoms with Crippen molar-refractivity contribution in [2.45, 2.75) is 52.3 Å². The van der Waals surface area contributed by atoms with Gasteiger partial charge >= 0.3 is 17.1 Å². The molecule has 1 aromatic heterocycles. The summed E-state index contributed by atoms with van der Waals surface area (Å²) in [5.74, 6) is 0. The van der Waals surface area contributed by atoms with Gasteiger partial charge in [0.1, 0.15) is 6.23 Å². The van der Waals surface area contributed by atoms with Gasteiger partial charge in [0.15, 0.2) is 0 Å². The highest BCUT2D eigenvalue weighted by Gasteiger charge is 2.19. The van der Waals surface area contributed by atoms with Gasteiger partial charge in [-0.15, -0.1) is 0 Å². The molecule has 3 N–H and O–H groups in total. The molecule has 0 saturated carbocycles. The number of nitrogens with zero attached hydrogens (tertiary/aromatic N) is 3. The molecule has 0 aliphatic heterocycles. The molecule has 9 nitrogen and oxygen atoms in total. The maximum absolute atomic E-state index is 12.1. The molecule has 0 aromatic carbocycles. The Morgan fingerprint density at radius 2 is 1.15 bits per heavy atom. The van der Waals surface area contributed by atoms with Crippen molar-refractivity contribution < 1.29 is 15.3 Å². The van der Waals surface area contributed by atoms with E-state index < -0.39 is 35.5 Å². The van der Waals surface area contributed by atoms with Crippen molar-refractivity contribution in [1.29, 1.82) is 0 Å². The van der Waals surface area contributed by atoms with Gasteiger partial charge in [-0.1, -0.05) is 0 Å². The lowest BCUT2D eigenvalue weighted by Crippen LogP contribution is -2.56. The highest BCUT2D eigenvalue weighted by atomic mass is 16.3. The minimum Gasteiger partial charge on any atom is -0.392 e. The number of aliphatic hydroxyl groups excluding tert-OH is 3. The van der Waals surface area contributed by atoms with Crippen LogP contribution in [0, 0.1) is 0 Å². The highest BCUT2D eigenvalue weighted by molar-refractivity contribution is 4.81. The molecule has 0 spiro atoms. The predicted octanol–water partition coefficient (Wildman–Crippen LogP) is -2.56. The van der Waals surface area contributed by atoms with E-state index in [0.717, 1.165) is 0 Å². The van der Waals surface area contributed by atoms with Crippen molar-refractivity contribution in [3.8, 4) is 0 Å². The fourth-order valence-corrected chi connectivity index (χ4v) is 1.81. The topological polar surface area (TPSA) is 127 Å². The predicted molar refractivity (Wildman–Crippen MR) is 69.5 cm³/mol. The van der Waals surface area contributed by atoms with Crippen molar-refractivity contribution in [2.24, 2.45) is 0 Å². The van der Waals surface area contributed by atoms with Crippen LogP contribution in [-0.2, 0) is 13.1 Å². The largest absolute Gasteiger partial charge is 0.392 e. The maximum Gasteiger partial charge on any atom is 0.338 e. The van der Waals surface area contributed by atoms with Crippen molar-refractivity contribution in [3.05, 3.63) is 31.5 Å². The first-order valence-corrected chi connectivity index (χ1v) is 6.17. The van der Waals surface area contributed by atoms with E-state index in [1.54, 1.807) is 0 Å². The van der Waals surface area contributed by atoms with Crippen LogP contribution in [0.2, 0.25) is 0 Å². The molecule has 0 saturated heterocycles. The summed E-state index contributed by atoms with van der Waals surface area (Å²) in [7, 11) is 0. The average molecular weight is 289 g/mol. The van der Waals surface area contributed by atoms with E-state index in [1.807, 2.05) is 0 Å². The van der Waals surface area contributed by atoms with Crippen molar-refractivity contribution in [2.75, 3.05) is 0 Å². The van der Waals surface area contributed by atoms with Gasteiger partial charge in [-0.2, -0.15) is 0 Å². The molecule has 3 atom stereocenters. The first kappa shape index (κ1) is 16.3. The van der Waals surface area contributed by atoms with Crippen LogP contribution in [0.15, 0.2) is 14.4 Å². The zero-order chi connectivity index (χ0) is 15.6. The molecule has 9 heteroatoms. The third kappa shape index (κ3) is 3.24.